The van der Waals surface area contributed by atoms with Gasteiger partial charge in [-0.25, -0.2) is 0 Å². The van der Waals surface area contributed by atoms with Crippen LogP contribution >= 0.6 is 0 Å². The van der Waals surface area contributed by atoms with Crippen molar-refractivity contribution >= 4 is 17.6 Å². The molecule has 1 atom stereocenters. The van der Waals surface area contributed by atoms with Gasteiger partial charge in [-0.2, -0.15) is 0 Å². The Morgan fingerprint density at radius 3 is 2.73 bits per heavy atom. The molecular formula is C17H21NO4. The monoisotopic (exact) mass is 303 g/mol. The Balaban J connectivity index is 1.80. The van der Waals surface area contributed by atoms with Gasteiger partial charge in [0, 0.05) is 0 Å². The Morgan fingerprint density at radius 1 is 1.27 bits per heavy atom. The molecule has 1 saturated carbocycles. The van der Waals surface area contributed by atoms with E-state index in [1.807, 2.05) is 12.1 Å². The van der Waals surface area contributed by atoms with Crippen LogP contribution < -0.4 is 10.1 Å². The number of hydrogen-bond donors (Lipinski definition) is 1. The highest BCUT2D eigenvalue weighted by Crippen LogP contribution is 2.44. The first kappa shape index (κ1) is 14.9. The number of anilines is 1. The van der Waals surface area contributed by atoms with E-state index >= 15 is 0 Å². The van der Waals surface area contributed by atoms with Gasteiger partial charge in [-0.15, -0.1) is 0 Å². The Hall–Kier alpha value is -2.04. The lowest BCUT2D eigenvalue weighted by atomic mass is 9.75. The number of rotatable bonds is 3. The lowest BCUT2D eigenvalue weighted by Gasteiger charge is -2.36. The van der Waals surface area contributed by atoms with Crippen LogP contribution in [-0.2, 0) is 14.3 Å². The quantitative estimate of drug-likeness (QED) is 0.872. The lowest BCUT2D eigenvalue weighted by molar-refractivity contribution is -0.153. The Kier molecular flexibility index (Phi) is 4.05. The number of carbonyl (C=O) groups excluding carboxylic acids is 2. The van der Waals surface area contributed by atoms with Crippen LogP contribution in [0, 0.1) is 5.92 Å². The number of hydrogen-bond acceptors (Lipinski definition) is 4. The van der Waals surface area contributed by atoms with Gasteiger partial charge in [0.1, 0.15) is 11.4 Å². The molecule has 5 heteroatoms. The molecule has 2 aliphatic rings. The van der Waals surface area contributed by atoms with Crippen molar-refractivity contribution in [2.75, 3.05) is 12.4 Å². The Bertz CT molecular complexity index is 578. The van der Waals surface area contributed by atoms with E-state index in [2.05, 4.69) is 5.32 Å². The van der Waals surface area contributed by atoms with Crippen LogP contribution in [0.5, 0.6) is 5.75 Å². The highest BCUT2D eigenvalue weighted by Gasteiger charge is 2.52. The largest absolute Gasteiger partial charge is 0.495 e. The third kappa shape index (κ3) is 2.67. The minimum absolute atomic E-state index is 0.155. The predicted molar refractivity (Wildman–Crippen MR) is 81.6 cm³/mol. The summed E-state index contributed by atoms with van der Waals surface area (Å²) < 4.78 is 10.8. The zero-order valence-electron chi connectivity index (χ0n) is 12.8. The molecule has 1 heterocycles. The van der Waals surface area contributed by atoms with Crippen molar-refractivity contribution in [3.63, 3.8) is 0 Å². The number of amides is 1. The van der Waals surface area contributed by atoms with E-state index < -0.39 is 11.5 Å². The molecule has 5 nitrogen and oxygen atoms in total. The van der Waals surface area contributed by atoms with Crippen molar-refractivity contribution in [2.24, 2.45) is 5.92 Å². The maximum Gasteiger partial charge on any atom is 0.307 e. The zero-order chi connectivity index (χ0) is 15.6. The summed E-state index contributed by atoms with van der Waals surface area (Å²) in [7, 11) is 1.57. The molecule has 0 radical (unpaired) electrons. The fraction of sp³-hybridized carbons (Fsp3) is 0.529. The van der Waals surface area contributed by atoms with Gasteiger partial charge < -0.3 is 14.8 Å². The summed E-state index contributed by atoms with van der Waals surface area (Å²) >= 11 is 0. The molecule has 1 saturated heterocycles. The molecule has 1 N–H and O–H groups in total. The third-order valence-corrected chi connectivity index (χ3v) is 4.70. The van der Waals surface area contributed by atoms with Gasteiger partial charge in [0.2, 0.25) is 5.91 Å². The standard InChI is InChI=1S/C17H21NO4/c1-21-14-8-4-3-7-13(14)18-16(20)12-11-15(19)22-17(12)9-5-2-6-10-17/h3-4,7-8,12H,2,5-6,9-11H2,1H3,(H,18,20)/t12-/m0/s1. The summed E-state index contributed by atoms with van der Waals surface area (Å²) in [4.78, 5) is 24.5. The molecule has 1 aliphatic heterocycles. The summed E-state index contributed by atoms with van der Waals surface area (Å²) in [6.07, 6.45) is 4.88. The molecule has 1 aromatic rings. The Morgan fingerprint density at radius 2 is 2.00 bits per heavy atom. The number of carbonyl (C=O) groups is 2. The number of para-hydroxylation sites is 2. The molecular weight excluding hydrogens is 282 g/mol. The fourth-order valence-corrected chi connectivity index (χ4v) is 3.59. The number of benzene rings is 1. The first-order chi connectivity index (χ1) is 10.6. The van der Waals surface area contributed by atoms with Crippen LogP contribution in [0.2, 0.25) is 0 Å². The van der Waals surface area contributed by atoms with Gasteiger partial charge in [-0.1, -0.05) is 18.6 Å². The first-order valence-electron chi connectivity index (χ1n) is 7.80. The zero-order valence-corrected chi connectivity index (χ0v) is 12.8. The molecule has 118 valence electrons. The molecule has 0 aromatic heterocycles. The normalized spacial score (nSPS) is 23.1. The van der Waals surface area contributed by atoms with Gasteiger partial charge in [0.15, 0.2) is 0 Å². The average molecular weight is 303 g/mol. The molecule has 1 aliphatic carbocycles. The van der Waals surface area contributed by atoms with Crippen LogP contribution in [-0.4, -0.2) is 24.6 Å². The number of methoxy groups -OCH3 is 1. The van der Waals surface area contributed by atoms with Gasteiger partial charge >= 0.3 is 5.97 Å². The number of nitrogens with one attached hydrogen (secondary N) is 1. The lowest BCUT2D eigenvalue weighted by Crippen LogP contribution is -2.43. The smallest absolute Gasteiger partial charge is 0.307 e. The molecule has 22 heavy (non-hydrogen) atoms. The Labute approximate surface area is 130 Å². The van der Waals surface area contributed by atoms with Crippen LogP contribution in [0.1, 0.15) is 38.5 Å². The van der Waals surface area contributed by atoms with Gasteiger partial charge in [-0.3, -0.25) is 9.59 Å². The van der Waals surface area contributed by atoms with Gasteiger partial charge in [0.05, 0.1) is 25.1 Å². The van der Waals surface area contributed by atoms with Crippen molar-refractivity contribution < 1.29 is 19.1 Å². The molecule has 1 aromatic carbocycles. The first-order valence-corrected chi connectivity index (χ1v) is 7.80. The number of esters is 1. The SMILES string of the molecule is COc1ccccc1NC(=O)[C@@H]1CC(=O)OC12CCCCC2. The molecule has 2 fully saturated rings. The van der Waals surface area contributed by atoms with Crippen LogP contribution in [0.25, 0.3) is 0 Å². The van der Waals surface area contributed by atoms with Crippen LogP contribution in [0.3, 0.4) is 0 Å². The molecule has 0 unspecified atom stereocenters. The van der Waals surface area contributed by atoms with Gasteiger partial charge in [0.25, 0.3) is 0 Å². The van der Waals surface area contributed by atoms with Crippen LogP contribution in [0.15, 0.2) is 24.3 Å². The van der Waals surface area contributed by atoms with E-state index in [9.17, 15) is 9.59 Å². The van der Waals surface area contributed by atoms with Crippen LogP contribution in [0.4, 0.5) is 5.69 Å². The van der Waals surface area contributed by atoms with E-state index in [4.69, 9.17) is 9.47 Å². The summed E-state index contributed by atoms with van der Waals surface area (Å²) in [5, 5.41) is 2.90. The highest BCUT2D eigenvalue weighted by molar-refractivity contribution is 5.98. The van der Waals surface area contributed by atoms with E-state index in [0.29, 0.717) is 11.4 Å². The average Bonchev–Trinajstić information content (AvgIpc) is 2.84. The predicted octanol–water partition coefficient (Wildman–Crippen LogP) is 2.90. The van der Waals surface area contributed by atoms with E-state index in [-0.39, 0.29) is 18.3 Å². The van der Waals surface area contributed by atoms with Crippen molar-refractivity contribution in [3.05, 3.63) is 24.3 Å². The second-order valence-corrected chi connectivity index (χ2v) is 6.05. The minimum Gasteiger partial charge on any atom is -0.495 e. The topological polar surface area (TPSA) is 64.6 Å². The second-order valence-electron chi connectivity index (χ2n) is 6.05. The summed E-state index contributed by atoms with van der Waals surface area (Å²) in [5.74, 6) is -0.219. The van der Waals surface area contributed by atoms with Crippen molar-refractivity contribution in [1.82, 2.24) is 0 Å². The second kappa shape index (κ2) is 5.99. The minimum atomic E-state index is -0.596. The highest BCUT2D eigenvalue weighted by atomic mass is 16.6. The summed E-state index contributed by atoms with van der Waals surface area (Å²) in [6, 6.07) is 7.27. The number of ether oxygens (including phenoxy) is 2. The molecule has 3 rings (SSSR count). The molecule has 1 spiro atoms. The van der Waals surface area contributed by atoms with Crippen molar-refractivity contribution in [3.8, 4) is 5.75 Å². The van der Waals surface area contributed by atoms with Crippen molar-refractivity contribution in [2.45, 2.75) is 44.1 Å². The van der Waals surface area contributed by atoms with Crippen molar-refractivity contribution in [1.29, 1.82) is 0 Å². The third-order valence-electron chi connectivity index (χ3n) is 4.70. The van der Waals surface area contributed by atoms with E-state index in [1.165, 1.54) is 0 Å². The molecule has 0 bridgehead atoms. The molecule has 1 amide bonds. The van der Waals surface area contributed by atoms with E-state index in [0.717, 1.165) is 32.1 Å². The summed E-state index contributed by atoms with van der Waals surface area (Å²) in [5.41, 5.74) is 0.0295. The summed E-state index contributed by atoms with van der Waals surface area (Å²) in [6.45, 7) is 0. The maximum atomic E-state index is 12.7. The van der Waals surface area contributed by atoms with Gasteiger partial charge in [-0.05, 0) is 37.8 Å². The maximum absolute atomic E-state index is 12.7. The fourth-order valence-electron chi connectivity index (χ4n) is 3.59. The van der Waals surface area contributed by atoms with E-state index in [1.54, 1.807) is 19.2 Å².